The van der Waals surface area contributed by atoms with Crippen LogP contribution in [0.5, 0.6) is 11.5 Å². The molecule has 0 bridgehead atoms. The maximum absolute atomic E-state index is 13.8. The molecule has 3 nitrogen and oxygen atoms in total. The van der Waals surface area contributed by atoms with E-state index in [2.05, 4.69) is 0 Å². The molecule has 2 rings (SSSR count). The van der Waals surface area contributed by atoms with Gasteiger partial charge in [0.05, 0.1) is 6.61 Å². The summed E-state index contributed by atoms with van der Waals surface area (Å²) in [6.07, 6.45) is 0. The van der Waals surface area contributed by atoms with Crippen molar-refractivity contribution in [3.63, 3.8) is 0 Å². The zero-order valence-corrected chi connectivity index (χ0v) is 10.6. The Morgan fingerprint density at radius 2 is 1.89 bits per heavy atom. The lowest BCUT2D eigenvalue weighted by Crippen LogP contribution is -2.05. The summed E-state index contributed by atoms with van der Waals surface area (Å²) in [5.74, 6) is 0.229. The quantitative estimate of drug-likeness (QED) is 0.889. The van der Waals surface area contributed by atoms with Crippen LogP contribution in [0.3, 0.4) is 0 Å². The Morgan fingerprint density at radius 3 is 2.42 bits per heavy atom. The summed E-state index contributed by atoms with van der Waals surface area (Å²) < 4.78 is 19.3. The summed E-state index contributed by atoms with van der Waals surface area (Å²) in [4.78, 5) is 0. The lowest BCUT2D eigenvalue weighted by atomic mass is 10.1. The van der Waals surface area contributed by atoms with E-state index in [9.17, 15) is 4.39 Å². The van der Waals surface area contributed by atoms with Gasteiger partial charge in [0.2, 0.25) is 0 Å². The summed E-state index contributed by atoms with van der Waals surface area (Å²) in [6.45, 7) is 1.76. The first-order valence-electron chi connectivity index (χ1n) is 6.03. The van der Waals surface area contributed by atoms with Gasteiger partial charge in [-0.1, -0.05) is 18.2 Å². The largest absolute Gasteiger partial charge is 0.454 e. The van der Waals surface area contributed by atoms with Gasteiger partial charge in [-0.25, -0.2) is 4.39 Å². The van der Waals surface area contributed by atoms with Crippen LogP contribution in [-0.4, -0.2) is 5.11 Å². The van der Waals surface area contributed by atoms with Crippen LogP contribution in [0.25, 0.3) is 0 Å². The van der Waals surface area contributed by atoms with Crippen molar-refractivity contribution < 1.29 is 14.2 Å². The summed E-state index contributed by atoms with van der Waals surface area (Å²) in [5, 5.41) is 8.93. The van der Waals surface area contributed by atoms with Gasteiger partial charge in [-0.05, 0) is 42.3 Å². The highest BCUT2D eigenvalue weighted by Gasteiger charge is 2.08. The predicted octanol–water partition coefficient (Wildman–Crippen LogP) is 3.13. The van der Waals surface area contributed by atoms with E-state index in [1.807, 2.05) is 0 Å². The van der Waals surface area contributed by atoms with Crippen molar-refractivity contribution in [2.75, 3.05) is 0 Å². The van der Waals surface area contributed by atoms with Crippen LogP contribution in [0, 0.1) is 5.82 Å². The summed E-state index contributed by atoms with van der Waals surface area (Å²) in [7, 11) is 0. The molecule has 0 spiro atoms. The molecule has 0 unspecified atom stereocenters. The highest BCUT2D eigenvalue weighted by Crippen LogP contribution is 2.26. The Hall–Kier alpha value is -1.91. The summed E-state index contributed by atoms with van der Waals surface area (Å²) in [5.41, 5.74) is 7.19. The molecule has 0 saturated carbocycles. The monoisotopic (exact) mass is 261 g/mol. The fourth-order valence-corrected chi connectivity index (χ4v) is 1.67. The number of hydrogen-bond acceptors (Lipinski definition) is 3. The van der Waals surface area contributed by atoms with Crippen LogP contribution < -0.4 is 10.5 Å². The molecule has 19 heavy (non-hydrogen) atoms. The van der Waals surface area contributed by atoms with Gasteiger partial charge in [0.15, 0.2) is 11.6 Å². The van der Waals surface area contributed by atoms with Crippen molar-refractivity contribution in [3.05, 3.63) is 59.4 Å². The first-order valence-corrected chi connectivity index (χ1v) is 6.03. The number of aliphatic hydroxyl groups excluding tert-OH is 1. The van der Waals surface area contributed by atoms with Crippen LogP contribution in [0.1, 0.15) is 24.1 Å². The van der Waals surface area contributed by atoms with E-state index in [0.717, 1.165) is 11.1 Å². The highest BCUT2D eigenvalue weighted by atomic mass is 19.1. The van der Waals surface area contributed by atoms with Gasteiger partial charge in [-0.3, -0.25) is 0 Å². The topological polar surface area (TPSA) is 55.5 Å². The molecule has 0 radical (unpaired) electrons. The van der Waals surface area contributed by atoms with Gasteiger partial charge in [-0.15, -0.1) is 0 Å². The van der Waals surface area contributed by atoms with Gasteiger partial charge < -0.3 is 15.6 Å². The minimum Gasteiger partial charge on any atom is -0.454 e. The Bertz CT molecular complexity index is 553. The molecule has 3 N–H and O–H groups in total. The second kappa shape index (κ2) is 5.82. The van der Waals surface area contributed by atoms with E-state index >= 15 is 0 Å². The van der Waals surface area contributed by atoms with Crippen LogP contribution in [0.15, 0.2) is 42.5 Å². The molecule has 0 aliphatic carbocycles. The zero-order chi connectivity index (χ0) is 13.8. The molecule has 2 aromatic rings. The van der Waals surface area contributed by atoms with Crippen molar-refractivity contribution in [2.45, 2.75) is 19.6 Å². The molecule has 0 aromatic heterocycles. The average Bonchev–Trinajstić information content (AvgIpc) is 2.41. The number of nitrogens with two attached hydrogens (primary N) is 1. The van der Waals surface area contributed by atoms with Crippen molar-refractivity contribution in [3.8, 4) is 11.5 Å². The number of halogens is 1. The molecule has 0 heterocycles. The third kappa shape index (κ3) is 3.30. The first-order chi connectivity index (χ1) is 9.10. The van der Waals surface area contributed by atoms with E-state index < -0.39 is 5.82 Å². The van der Waals surface area contributed by atoms with Crippen molar-refractivity contribution >= 4 is 0 Å². The SMILES string of the molecule is C[C@H](N)c1ccc(Oc2ccc(CO)cc2)c(F)c1. The standard InChI is InChI=1S/C15H16FNO2/c1-10(17)12-4-7-15(14(16)8-12)19-13-5-2-11(9-18)3-6-13/h2-8,10,18H,9,17H2,1H3/t10-/m0/s1. The molecular formula is C15H16FNO2. The van der Waals surface area contributed by atoms with Crippen molar-refractivity contribution in [2.24, 2.45) is 5.73 Å². The van der Waals surface area contributed by atoms with Crippen LogP contribution in [0.4, 0.5) is 4.39 Å². The highest BCUT2D eigenvalue weighted by molar-refractivity contribution is 5.36. The minimum atomic E-state index is -0.443. The normalized spacial score (nSPS) is 12.2. The van der Waals surface area contributed by atoms with E-state index in [4.69, 9.17) is 15.6 Å². The minimum absolute atomic E-state index is 0.0300. The molecule has 0 saturated heterocycles. The first kappa shape index (κ1) is 13.5. The number of rotatable bonds is 4. The van der Waals surface area contributed by atoms with Crippen molar-refractivity contribution in [1.29, 1.82) is 0 Å². The molecule has 0 aliphatic heterocycles. The zero-order valence-electron chi connectivity index (χ0n) is 10.6. The Balaban J connectivity index is 2.18. The Labute approximate surface area is 111 Å². The van der Waals surface area contributed by atoms with Gasteiger partial charge >= 0.3 is 0 Å². The number of hydrogen-bond donors (Lipinski definition) is 2. The average molecular weight is 261 g/mol. The Morgan fingerprint density at radius 1 is 1.21 bits per heavy atom. The van der Waals surface area contributed by atoms with Crippen LogP contribution >= 0.6 is 0 Å². The number of ether oxygens (including phenoxy) is 1. The molecule has 0 fully saturated rings. The molecule has 1 atom stereocenters. The molecule has 100 valence electrons. The van der Waals surface area contributed by atoms with Crippen LogP contribution in [0.2, 0.25) is 0 Å². The molecular weight excluding hydrogens is 245 g/mol. The molecule has 4 heteroatoms. The van der Waals surface area contributed by atoms with Gasteiger partial charge in [0.25, 0.3) is 0 Å². The maximum atomic E-state index is 13.8. The number of benzene rings is 2. The van der Waals surface area contributed by atoms with E-state index in [0.29, 0.717) is 5.75 Å². The van der Waals surface area contributed by atoms with Gasteiger partial charge in [0, 0.05) is 6.04 Å². The fraction of sp³-hybridized carbons (Fsp3) is 0.200. The second-order valence-corrected chi connectivity index (χ2v) is 4.38. The maximum Gasteiger partial charge on any atom is 0.166 e. The van der Waals surface area contributed by atoms with Gasteiger partial charge in [-0.2, -0.15) is 0 Å². The summed E-state index contributed by atoms with van der Waals surface area (Å²) in [6, 6.07) is 11.3. The Kier molecular flexibility index (Phi) is 4.14. The van der Waals surface area contributed by atoms with Gasteiger partial charge in [0.1, 0.15) is 5.75 Å². The number of aliphatic hydroxyl groups is 1. The van der Waals surface area contributed by atoms with E-state index in [-0.39, 0.29) is 18.4 Å². The van der Waals surface area contributed by atoms with Crippen molar-refractivity contribution in [1.82, 2.24) is 0 Å². The lowest BCUT2D eigenvalue weighted by molar-refractivity contribution is 0.281. The fourth-order valence-electron chi connectivity index (χ4n) is 1.67. The van der Waals surface area contributed by atoms with E-state index in [1.54, 1.807) is 43.3 Å². The third-order valence-corrected chi connectivity index (χ3v) is 2.82. The predicted molar refractivity (Wildman–Crippen MR) is 71.4 cm³/mol. The lowest BCUT2D eigenvalue weighted by Gasteiger charge is -2.10. The summed E-state index contributed by atoms with van der Waals surface area (Å²) >= 11 is 0. The molecule has 2 aromatic carbocycles. The second-order valence-electron chi connectivity index (χ2n) is 4.38. The smallest absolute Gasteiger partial charge is 0.166 e. The molecule has 0 amide bonds. The van der Waals surface area contributed by atoms with Crippen LogP contribution in [-0.2, 0) is 6.61 Å². The third-order valence-electron chi connectivity index (χ3n) is 2.82. The molecule has 0 aliphatic rings. The van der Waals surface area contributed by atoms with E-state index in [1.165, 1.54) is 6.07 Å².